The maximum atomic E-state index is 14.4. The molecule has 10 heteroatoms. The van der Waals surface area contributed by atoms with Crippen molar-refractivity contribution in [3.8, 4) is 11.4 Å². The van der Waals surface area contributed by atoms with Gasteiger partial charge in [-0.2, -0.15) is 13.2 Å². The Balaban J connectivity index is 1.41. The van der Waals surface area contributed by atoms with Crippen molar-refractivity contribution in [3.05, 3.63) is 71.9 Å². The lowest BCUT2D eigenvalue weighted by Crippen LogP contribution is -2.51. The van der Waals surface area contributed by atoms with Crippen LogP contribution in [0, 0.1) is 11.7 Å². The van der Waals surface area contributed by atoms with Crippen molar-refractivity contribution in [2.24, 2.45) is 5.92 Å². The summed E-state index contributed by atoms with van der Waals surface area (Å²) in [4.78, 5) is 27.7. The second-order valence-electron chi connectivity index (χ2n) is 8.67. The van der Waals surface area contributed by atoms with Crippen LogP contribution in [-0.4, -0.2) is 43.9 Å². The molecule has 1 amide bonds. The number of hydrogen-bond donors (Lipinski definition) is 1. The maximum Gasteiger partial charge on any atom is 0.417 e. The predicted molar refractivity (Wildman–Crippen MR) is 116 cm³/mol. The fourth-order valence-corrected chi connectivity index (χ4v) is 5.09. The first-order chi connectivity index (χ1) is 16.2. The molecule has 0 spiro atoms. The highest BCUT2D eigenvalue weighted by Crippen LogP contribution is 2.45. The van der Waals surface area contributed by atoms with E-state index in [2.05, 4.69) is 20.3 Å². The van der Waals surface area contributed by atoms with Gasteiger partial charge in [0.15, 0.2) is 17.5 Å². The van der Waals surface area contributed by atoms with E-state index in [0.717, 1.165) is 6.42 Å². The van der Waals surface area contributed by atoms with E-state index in [1.54, 1.807) is 41.6 Å². The molecule has 2 aromatic heterocycles. The van der Waals surface area contributed by atoms with Gasteiger partial charge in [-0.25, -0.2) is 19.3 Å². The predicted octanol–water partition coefficient (Wildman–Crippen LogP) is 4.80. The highest BCUT2D eigenvalue weighted by atomic mass is 19.4. The third-order valence-corrected chi connectivity index (χ3v) is 6.73. The van der Waals surface area contributed by atoms with Crippen molar-refractivity contribution in [3.63, 3.8) is 0 Å². The number of hydrogen-bond acceptors (Lipinski definition) is 5. The molecule has 176 valence electrons. The molecule has 2 fully saturated rings. The zero-order valence-electron chi connectivity index (χ0n) is 18.1. The topological polar surface area (TPSA) is 71.0 Å². The molecule has 1 aliphatic carbocycles. The number of carbonyl (C=O) groups is 1. The van der Waals surface area contributed by atoms with Gasteiger partial charge in [0.25, 0.3) is 5.91 Å². The molecular formula is C24H21F4N5O. The minimum absolute atomic E-state index is 0.0364. The fourth-order valence-electron chi connectivity index (χ4n) is 5.09. The molecule has 34 heavy (non-hydrogen) atoms. The summed E-state index contributed by atoms with van der Waals surface area (Å²) < 4.78 is 52.9. The van der Waals surface area contributed by atoms with Crippen LogP contribution in [0.15, 0.2) is 55.0 Å². The fraction of sp³-hybridized carbons (Fsp3) is 0.333. The molecule has 3 aromatic rings. The first-order valence-electron chi connectivity index (χ1n) is 10.9. The van der Waals surface area contributed by atoms with Gasteiger partial charge in [0, 0.05) is 36.2 Å². The van der Waals surface area contributed by atoms with E-state index in [1.165, 1.54) is 0 Å². The smallest absolute Gasteiger partial charge is 0.363 e. The van der Waals surface area contributed by atoms with Crippen molar-refractivity contribution in [1.29, 1.82) is 0 Å². The summed E-state index contributed by atoms with van der Waals surface area (Å²) in [6.45, 7) is 1.98. The number of nitrogens with zero attached hydrogens (tertiary/aromatic N) is 4. The first kappa shape index (κ1) is 22.2. The molecule has 4 atom stereocenters. The summed E-state index contributed by atoms with van der Waals surface area (Å²) in [5.74, 6) is -0.882. The number of likely N-dealkylation sites (tertiary alicyclic amines) is 1. The summed E-state index contributed by atoms with van der Waals surface area (Å²) in [6, 6.07) is 8.62. The summed E-state index contributed by atoms with van der Waals surface area (Å²) in [7, 11) is 0. The van der Waals surface area contributed by atoms with Crippen molar-refractivity contribution in [2.45, 2.75) is 44.1 Å². The van der Waals surface area contributed by atoms with Gasteiger partial charge in [0.2, 0.25) is 0 Å². The minimum Gasteiger partial charge on any atom is -0.363 e. The van der Waals surface area contributed by atoms with E-state index < -0.39 is 17.6 Å². The van der Waals surface area contributed by atoms with Gasteiger partial charge in [0.05, 0.1) is 17.2 Å². The Morgan fingerprint density at radius 2 is 1.82 bits per heavy atom. The van der Waals surface area contributed by atoms with Gasteiger partial charge in [-0.1, -0.05) is 18.2 Å². The number of carbonyl (C=O) groups excluding carboxylic acids is 1. The van der Waals surface area contributed by atoms with Crippen LogP contribution in [0.1, 0.15) is 35.7 Å². The maximum absolute atomic E-state index is 14.4. The number of benzene rings is 1. The zero-order valence-corrected chi connectivity index (χ0v) is 18.1. The second-order valence-corrected chi connectivity index (χ2v) is 8.67. The number of amides is 1. The number of fused-ring (bicyclic) bond motifs is 2. The highest BCUT2D eigenvalue weighted by molar-refractivity contribution is 6.00. The van der Waals surface area contributed by atoms with Crippen LogP contribution in [-0.2, 0) is 6.18 Å². The largest absolute Gasteiger partial charge is 0.417 e. The van der Waals surface area contributed by atoms with E-state index in [4.69, 9.17) is 0 Å². The number of anilines is 1. The molecule has 3 heterocycles. The average Bonchev–Trinajstić information content (AvgIpc) is 3.37. The van der Waals surface area contributed by atoms with Crippen LogP contribution in [0.2, 0.25) is 0 Å². The van der Waals surface area contributed by atoms with E-state index in [-0.39, 0.29) is 35.8 Å². The van der Waals surface area contributed by atoms with Crippen LogP contribution in [0.25, 0.3) is 11.4 Å². The Bertz CT molecular complexity index is 1220. The number of rotatable bonds is 4. The zero-order chi connectivity index (χ0) is 24.0. The van der Waals surface area contributed by atoms with Crippen molar-refractivity contribution in [2.75, 3.05) is 5.32 Å². The van der Waals surface area contributed by atoms with Crippen molar-refractivity contribution in [1.82, 2.24) is 19.9 Å². The Labute approximate surface area is 193 Å². The average molecular weight is 471 g/mol. The van der Waals surface area contributed by atoms with Crippen LogP contribution >= 0.6 is 0 Å². The number of nitrogens with one attached hydrogen (secondary N) is 1. The Morgan fingerprint density at radius 1 is 1.09 bits per heavy atom. The molecule has 1 saturated heterocycles. The molecular weight excluding hydrogens is 450 g/mol. The summed E-state index contributed by atoms with van der Waals surface area (Å²) in [5.41, 5.74) is -0.0672. The molecule has 0 radical (unpaired) electrons. The number of aromatic nitrogens is 3. The Hall–Kier alpha value is -3.56. The third kappa shape index (κ3) is 3.86. The summed E-state index contributed by atoms with van der Waals surface area (Å²) in [6.07, 6.45) is 0.538. The molecule has 1 aromatic carbocycles. The van der Waals surface area contributed by atoms with E-state index in [0.29, 0.717) is 35.6 Å². The van der Waals surface area contributed by atoms with E-state index in [1.807, 2.05) is 13.0 Å². The third-order valence-electron chi connectivity index (χ3n) is 6.73. The minimum atomic E-state index is -4.67. The molecule has 1 saturated carbocycles. The van der Waals surface area contributed by atoms with Crippen molar-refractivity contribution >= 4 is 11.7 Å². The molecule has 2 bridgehead atoms. The molecule has 5 rings (SSSR count). The van der Waals surface area contributed by atoms with Gasteiger partial charge in [0.1, 0.15) is 0 Å². The highest BCUT2D eigenvalue weighted by Gasteiger charge is 2.52. The van der Waals surface area contributed by atoms with Gasteiger partial charge in [-0.15, -0.1) is 0 Å². The van der Waals surface area contributed by atoms with Gasteiger partial charge in [-0.3, -0.25) is 4.79 Å². The monoisotopic (exact) mass is 471 g/mol. The molecule has 1 N–H and O–H groups in total. The van der Waals surface area contributed by atoms with Crippen LogP contribution in [0.4, 0.5) is 23.4 Å². The molecule has 4 unspecified atom stereocenters. The van der Waals surface area contributed by atoms with Gasteiger partial charge >= 0.3 is 6.18 Å². The second kappa shape index (κ2) is 8.34. The van der Waals surface area contributed by atoms with Crippen LogP contribution in [0.3, 0.4) is 0 Å². The summed E-state index contributed by atoms with van der Waals surface area (Å²) in [5, 5.41) is 2.95. The van der Waals surface area contributed by atoms with E-state index >= 15 is 0 Å². The molecule has 2 aliphatic rings. The van der Waals surface area contributed by atoms with Crippen molar-refractivity contribution < 1.29 is 22.4 Å². The number of alkyl halides is 3. The lowest BCUT2D eigenvalue weighted by atomic mass is 9.96. The Kier molecular flexibility index (Phi) is 5.45. The first-order valence-corrected chi connectivity index (χ1v) is 10.9. The number of pyridine rings is 1. The summed E-state index contributed by atoms with van der Waals surface area (Å²) >= 11 is 0. The van der Waals surface area contributed by atoms with E-state index in [9.17, 15) is 22.4 Å². The molecule has 1 aliphatic heterocycles. The normalized spacial score (nSPS) is 23.9. The number of piperidine rings is 1. The van der Waals surface area contributed by atoms with Crippen LogP contribution < -0.4 is 5.32 Å². The SMILES string of the molecule is CC1C2CC(Nc3ncc(C(F)(F)F)cc3F)C(C2)N1C(=O)c1ccccc1-c1ncccn1. The number of halogens is 4. The Morgan fingerprint density at radius 3 is 2.50 bits per heavy atom. The van der Waals surface area contributed by atoms with Crippen LogP contribution in [0.5, 0.6) is 0 Å². The van der Waals surface area contributed by atoms with Gasteiger partial charge in [-0.05, 0) is 43.9 Å². The quantitative estimate of drug-likeness (QED) is 0.554. The van der Waals surface area contributed by atoms with Gasteiger partial charge < -0.3 is 10.2 Å². The standard InChI is InChI=1S/C24H21F4N5O/c1-13-14-9-19(32-22-18(25)11-15(12-31-22)24(26,27)28)20(10-14)33(13)23(34)17-6-3-2-5-16(17)21-29-7-4-8-30-21/h2-8,11-14,19-20H,9-10H2,1H3,(H,31,32). The lowest BCUT2D eigenvalue weighted by Gasteiger charge is -2.38. The molecule has 6 nitrogen and oxygen atoms in total. The lowest BCUT2D eigenvalue weighted by molar-refractivity contribution is -0.138.